The Morgan fingerprint density at radius 3 is 2.70 bits per heavy atom. The summed E-state index contributed by atoms with van der Waals surface area (Å²) in [6.07, 6.45) is 0.871. The molecule has 20 heavy (non-hydrogen) atoms. The Morgan fingerprint density at radius 2 is 2.15 bits per heavy atom. The third-order valence-corrected chi connectivity index (χ3v) is 4.50. The number of halogens is 1. The van der Waals surface area contributed by atoms with Gasteiger partial charge >= 0.3 is 5.97 Å². The molecule has 4 nitrogen and oxygen atoms in total. The second-order valence-electron chi connectivity index (χ2n) is 5.07. The summed E-state index contributed by atoms with van der Waals surface area (Å²) in [5.74, 6) is -0.765. The zero-order chi connectivity index (χ0) is 14.6. The first-order valence-corrected chi connectivity index (χ1v) is 7.68. The molecule has 1 fully saturated rings. The topological polar surface area (TPSA) is 49.8 Å². The fourth-order valence-electron chi connectivity index (χ4n) is 2.97. The molecule has 0 amide bonds. The number of carboxylic acid groups (broad SMARTS) is 1. The Balaban J connectivity index is 2.42. The molecule has 0 radical (unpaired) electrons. The number of aliphatic carboxylic acids is 1. The van der Waals surface area contributed by atoms with Gasteiger partial charge in [-0.3, -0.25) is 9.69 Å². The van der Waals surface area contributed by atoms with Crippen LogP contribution < -0.4 is 0 Å². The molecule has 2 rings (SSSR count). The number of hydrogen-bond acceptors (Lipinski definition) is 3. The molecule has 0 aromatic heterocycles. The van der Waals surface area contributed by atoms with Crippen molar-refractivity contribution < 1.29 is 14.6 Å². The second kappa shape index (κ2) is 6.70. The molecule has 5 heteroatoms. The van der Waals surface area contributed by atoms with Crippen LogP contribution in [0.15, 0.2) is 28.7 Å². The lowest BCUT2D eigenvalue weighted by Crippen LogP contribution is -2.52. The molecule has 0 aliphatic carbocycles. The quantitative estimate of drug-likeness (QED) is 0.894. The van der Waals surface area contributed by atoms with Crippen molar-refractivity contribution in [3.05, 3.63) is 34.3 Å². The summed E-state index contributed by atoms with van der Waals surface area (Å²) in [6.45, 7) is 4.92. The first-order valence-electron chi connectivity index (χ1n) is 6.89. The Bertz CT molecular complexity index is 474. The maximum absolute atomic E-state index is 11.4. The van der Waals surface area contributed by atoms with Crippen LogP contribution in [0.25, 0.3) is 0 Å². The molecule has 0 spiro atoms. The molecule has 0 saturated carbocycles. The second-order valence-corrected chi connectivity index (χ2v) is 5.98. The zero-order valence-electron chi connectivity index (χ0n) is 11.6. The Hall–Kier alpha value is -0.910. The van der Waals surface area contributed by atoms with Gasteiger partial charge in [0.15, 0.2) is 0 Å². The van der Waals surface area contributed by atoms with Crippen LogP contribution in [-0.4, -0.2) is 42.3 Å². The highest BCUT2D eigenvalue weighted by molar-refractivity contribution is 9.10. The van der Waals surface area contributed by atoms with Crippen LogP contribution >= 0.6 is 15.9 Å². The van der Waals surface area contributed by atoms with Crippen LogP contribution in [0.1, 0.15) is 25.3 Å². The van der Waals surface area contributed by atoms with E-state index in [1.54, 1.807) is 0 Å². The third kappa shape index (κ3) is 3.22. The van der Waals surface area contributed by atoms with Crippen molar-refractivity contribution >= 4 is 21.9 Å². The van der Waals surface area contributed by atoms with E-state index in [0.29, 0.717) is 13.2 Å². The number of hydrogen-bond donors (Lipinski definition) is 1. The lowest BCUT2D eigenvalue weighted by atomic mass is 9.82. The first-order chi connectivity index (χ1) is 9.58. The van der Waals surface area contributed by atoms with Crippen molar-refractivity contribution in [2.45, 2.75) is 25.3 Å². The minimum absolute atomic E-state index is 0.111. The molecule has 1 saturated heterocycles. The van der Waals surface area contributed by atoms with Gasteiger partial charge in [-0.15, -0.1) is 0 Å². The van der Waals surface area contributed by atoms with E-state index in [4.69, 9.17) is 4.74 Å². The number of nitrogens with zero attached hydrogens (tertiary/aromatic N) is 1. The smallest absolute Gasteiger partial charge is 0.305 e. The van der Waals surface area contributed by atoms with Crippen molar-refractivity contribution in [3.63, 3.8) is 0 Å². The molecule has 110 valence electrons. The minimum atomic E-state index is -0.765. The van der Waals surface area contributed by atoms with E-state index < -0.39 is 11.5 Å². The number of carbonyl (C=O) groups is 1. The van der Waals surface area contributed by atoms with E-state index in [1.165, 1.54) is 0 Å². The van der Waals surface area contributed by atoms with E-state index in [-0.39, 0.29) is 6.42 Å². The Labute approximate surface area is 127 Å². The molecular weight excluding hydrogens is 322 g/mol. The normalized spacial score (nSPS) is 19.5. The van der Waals surface area contributed by atoms with Crippen molar-refractivity contribution in [1.82, 2.24) is 4.90 Å². The molecular formula is C15H20BrNO3. The maximum atomic E-state index is 11.4. The van der Waals surface area contributed by atoms with E-state index in [9.17, 15) is 9.90 Å². The average molecular weight is 342 g/mol. The molecule has 1 aliphatic heterocycles. The highest BCUT2D eigenvalue weighted by Crippen LogP contribution is 2.37. The molecule has 1 N–H and O–H groups in total. The predicted octanol–water partition coefficient (Wildman–Crippen LogP) is 2.86. The van der Waals surface area contributed by atoms with Gasteiger partial charge in [-0.05, 0) is 24.1 Å². The number of benzene rings is 1. The van der Waals surface area contributed by atoms with Crippen LogP contribution in [-0.2, 0) is 15.1 Å². The van der Waals surface area contributed by atoms with Gasteiger partial charge in [0.2, 0.25) is 0 Å². The SMILES string of the molecule is CCC(CC(=O)O)(c1cccc(Br)c1)N1CCOCC1. The first kappa shape index (κ1) is 15.5. The number of ether oxygens (including phenoxy) is 1. The largest absolute Gasteiger partial charge is 0.481 e. The Kier molecular flexibility index (Phi) is 5.18. The molecule has 1 aromatic rings. The number of morpholine rings is 1. The monoisotopic (exact) mass is 341 g/mol. The fourth-order valence-corrected chi connectivity index (χ4v) is 3.37. The van der Waals surface area contributed by atoms with E-state index in [0.717, 1.165) is 29.5 Å². The summed E-state index contributed by atoms with van der Waals surface area (Å²) in [5.41, 5.74) is 0.595. The zero-order valence-corrected chi connectivity index (χ0v) is 13.2. The minimum Gasteiger partial charge on any atom is -0.481 e. The highest BCUT2D eigenvalue weighted by atomic mass is 79.9. The lowest BCUT2D eigenvalue weighted by Gasteiger charge is -2.45. The van der Waals surface area contributed by atoms with Gasteiger partial charge in [-0.1, -0.05) is 35.0 Å². The summed E-state index contributed by atoms with van der Waals surface area (Å²) < 4.78 is 6.38. The van der Waals surface area contributed by atoms with Crippen molar-refractivity contribution in [2.24, 2.45) is 0 Å². The summed E-state index contributed by atoms with van der Waals surface area (Å²) >= 11 is 3.48. The molecule has 0 bridgehead atoms. The van der Waals surface area contributed by atoms with Gasteiger partial charge in [0.1, 0.15) is 0 Å². The highest BCUT2D eigenvalue weighted by Gasteiger charge is 2.39. The van der Waals surface area contributed by atoms with E-state index in [1.807, 2.05) is 24.3 Å². The van der Waals surface area contributed by atoms with Gasteiger partial charge in [-0.2, -0.15) is 0 Å². The number of rotatable bonds is 5. The van der Waals surface area contributed by atoms with Gasteiger partial charge in [0, 0.05) is 17.6 Å². The third-order valence-electron chi connectivity index (χ3n) is 4.01. The van der Waals surface area contributed by atoms with Crippen molar-refractivity contribution in [1.29, 1.82) is 0 Å². The molecule has 1 atom stereocenters. The van der Waals surface area contributed by atoms with Gasteiger partial charge in [0.25, 0.3) is 0 Å². The van der Waals surface area contributed by atoms with Crippen LogP contribution in [0.4, 0.5) is 0 Å². The van der Waals surface area contributed by atoms with Crippen LogP contribution in [0, 0.1) is 0 Å². The van der Waals surface area contributed by atoms with Gasteiger partial charge in [0.05, 0.1) is 25.2 Å². The summed E-state index contributed by atoms with van der Waals surface area (Å²) in [5, 5.41) is 9.37. The van der Waals surface area contributed by atoms with E-state index in [2.05, 4.69) is 27.8 Å². The summed E-state index contributed by atoms with van der Waals surface area (Å²) in [6, 6.07) is 7.98. The molecule has 1 aliphatic rings. The van der Waals surface area contributed by atoms with Crippen LogP contribution in [0.3, 0.4) is 0 Å². The standard InChI is InChI=1S/C15H20BrNO3/c1-2-15(11-14(18)19,17-6-8-20-9-7-17)12-4-3-5-13(16)10-12/h3-5,10H,2,6-9,11H2,1H3,(H,18,19). The van der Waals surface area contributed by atoms with Crippen LogP contribution in [0.2, 0.25) is 0 Å². The molecule has 1 unspecified atom stereocenters. The van der Waals surface area contributed by atoms with E-state index >= 15 is 0 Å². The summed E-state index contributed by atoms with van der Waals surface area (Å²) in [7, 11) is 0. The fraction of sp³-hybridized carbons (Fsp3) is 0.533. The Morgan fingerprint density at radius 1 is 1.45 bits per heavy atom. The lowest BCUT2D eigenvalue weighted by molar-refractivity contribution is -0.142. The molecule has 1 heterocycles. The molecule has 1 aromatic carbocycles. The van der Waals surface area contributed by atoms with Gasteiger partial charge in [-0.25, -0.2) is 0 Å². The van der Waals surface area contributed by atoms with Crippen molar-refractivity contribution in [2.75, 3.05) is 26.3 Å². The maximum Gasteiger partial charge on any atom is 0.305 e. The predicted molar refractivity (Wildman–Crippen MR) is 80.8 cm³/mol. The van der Waals surface area contributed by atoms with Gasteiger partial charge < -0.3 is 9.84 Å². The van der Waals surface area contributed by atoms with Crippen molar-refractivity contribution in [3.8, 4) is 0 Å². The summed E-state index contributed by atoms with van der Waals surface area (Å²) in [4.78, 5) is 13.7. The average Bonchev–Trinajstić information content (AvgIpc) is 2.45. The van der Waals surface area contributed by atoms with Crippen LogP contribution in [0.5, 0.6) is 0 Å². The number of carboxylic acids is 1.